The van der Waals surface area contributed by atoms with Crippen LogP contribution < -0.4 is 10.1 Å². The van der Waals surface area contributed by atoms with E-state index in [-0.39, 0.29) is 5.91 Å². The Hall–Kier alpha value is -1.89. The molecule has 1 N–H and O–H groups in total. The fourth-order valence-corrected chi connectivity index (χ4v) is 3.77. The maximum Gasteiger partial charge on any atom is 0.266 e. The van der Waals surface area contributed by atoms with Crippen LogP contribution in [0.3, 0.4) is 0 Å². The zero-order valence-electron chi connectivity index (χ0n) is 13.1. The zero-order chi connectivity index (χ0) is 17.1. The highest BCUT2D eigenvalue weighted by atomic mass is 35.5. The minimum absolute atomic E-state index is 0.239. The lowest BCUT2D eigenvalue weighted by Crippen LogP contribution is -2.30. The number of nitrogens with one attached hydrogen (secondary N) is 1. The van der Waals surface area contributed by atoms with Gasteiger partial charge in [-0.25, -0.2) is 4.98 Å². The summed E-state index contributed by atoms with van der Waals surface area (Å²) < 4.78 is 5.72. The van der Waals surface area contributed by atoms with Gasteiger partial charge in [-0.1, -0.05) is 17.7 Å². The number of thiophene rings is 1. The molecule has 3 aromatic rings. The summed E-state index contributed by atoms with van der Waals surface area (Å²) in [5.74, 6) is 0.400. The Morgan fingerprint density at radius 3 is 2.88 bits per heavy atom. The van der Waals surface area contributed by atoms with Gasteiger partial charge in [-0.15, -0.1) is 22.7 Å². The first-order valence-corrected chi connectivity index (χ1v) is 9.40. The predicted octanol–water partition coefficient (Wildman–Crippen LogP) is 5.24. The summed E-state index contributed by atoms with van der Waals surface area (Å²) in [5, 5.41) is 7.92. The molecular formula is C17H15ClN2O2S2. The first kappa shape index (κ1) is 17.0. The summed E-state index contributed by atoms with van der Waals surface area (Å²) >= 11 is 8.94. The molecule has 1 aromatic carbocycles. The summed E-state index contributed by atoms with van der Waals surface area (Å²) in [4.78, 5) is 17.8. The van der Waals surface area contributed by atoms with E-state index in [1.54, 1.807) is 36.5 Å². The SMILES string of the molecule is Cc1cc(Cl)ccc1OC(C)C(=O)Nc1nc(-c2cccs2)cs1. The van der Waals surface area contributed by atoms with Crippen molar-refractivity contribution < 1.29 is 9.53 Å². The van der Waals surface area contributed by atoms with E-state index in [1.807, 2.05) is 29.8 Å². The Balaban J connectivity index is 1.64. The lowest BCUT2D eigenvalue weighted by Gasteiger charge is -2.15. The maximum atomic E-state index is 12.3. The molecule has 24 heavy (non-hydrogen) atoms. The number of nitrogens with zero attached hydrogens (tertiary/aromatic N) is 1. The average Bonchev–Trinajstić information content (AvgIpc) is 3.20. The number of benzene rings is 1. The van der Waals surface area contributed by atoms with Gasteiger partial charge in [0.1, 0.15) is 5.75 Å². The van der Waals surface area contributed by atoms with E-state index >= 15 is 0 Å². The monoisotopic (exact) mass is 378 g/mol. The normalized spacial score (nSPS) is 12.0. The summed E-state index contributed by atoms with van der Waals surface area (Å²) in [6.45, 7) is 3.59. The number of aryl methyl sites for hydroxylation is 1. The number of hydrogen-bond acceptors (Lipinski definition) is 5. The van der Waals surface area contributed by atoms with E-state index in [1.165, 1.54) is 11.3 Å². The number of ether oxygens (including phenoxy) is 1. The van der Waals surface area contributed by atoms with Crippen molar-refractivity contribution in [1.29, 1.82) is 0 Å². The van der Waals surface area contributed by atoms with Gasteiger partial charge >= 0.3 is 0 Å². The van der Waals surface area contributed by atoms with Crippen LogP contribution in [-0.4, -0.2) is 17.0 Å². The molecule has 124 valence electrons. The standard InChI is InChI=1S/C17H15ClN2O2S2/c1-10-8-12(18)5-6-14(10)22-11(2)16(21)20-17-19-13(9-24-17)15-4-3-7-23-15/h3-9,11H,1-2H3,(H,19,20,21). The van der Waals surface area contributed by atoms with Gasteiger partial charge in [0, 0.05) is 10.4 Å². The van der Waals surface area contributed by atoms with E-state index < -0.39 is 6.10 Å². The van der Waals surface area contributed by atoms with Crippen LogP contribution in [0.2, 0.25) is 5.02 Å². The van der Waals surface area contributed by atoms with E-state index in [9.17, 15) is 4.79 Å². The molecule has 0 saturated carbocycles. The quantitative estimate of drug-likeness (QED) is 0.660. The number of amides is 1. The molecule has 0 aliphatic heterocycles. The highest BCUT2D eigenvalue weighted by Gasteiger charge is 2.17. The Morgan fingerprint density at radius 2 is 2.17 bits per heavy atom. The molecule has 1 atom stereocenters. The molecular weight excluding hydrogens is 364 g/mol. The summed E-state index contributed by atoms with van der Waals surface area (Å²) in [6.07, 6.45) is -0.640. The largest absolute Gasteiger partial charge is 0.481 e. The topological polar surface area (TPSA) is 51.2 Å². The minimum atomic E-state index is -0.640. The van der Waals surface area contributed by atoms with Crippen molar-refractivity contribution in [3.8, 4) is 16.3 Å². The second-order valence-electron chi connectivity index (χ2n) is 5.17. The van der Waals surface area contributed by atoms with Crippen LogP contribution in [-0.2, 0) is 4.79 Å². The molecule has 0 fully saturated rings. The second kappa shape index (κ2) is 7.34. The van der Waals surface area contributed by atoms with Crippen LogP contribution in [0.5, 0.6) is 5.75 Å². The van der Waals surface area contributed by atoms with Gasteiger partial charge in [-0.3, -0.25) is 10.1 Å². The molecule has 1 unspecified atom stereocenters. The number of carbonyl (C=O) groups is 1. The first-order valence-electron chi connectivity index (χ1n) is 7.26. The third-order valence-electron chi connectivity index (χ3n) is 3.32. The van der Waals surface area contributed by atoms with Gasteiger partial charge in [-0.05, 0) is 49.1 Å². The van der Waals surface area contributed by atoms with Crippen LogP contribution in [0.1, 0.15) is 12.5 Å². The number of rotatable bonds is 5. The van der Waals surface area contributed by atoms with Crippen LogP contribution in [0, 0.1) is 6.92 Å². The van der Waals surface area contributed by atoms with Crippen LogP contribution >= 0.6 is 34.3 Å². The van der Waals surface area contributed by atoms with Crippen LogP contribution in [0.25, 0.3) is 10.6 Å². The van der Waals surface area contributed by atoms with Gasteiger partial charge in [0.05, 0.1) is 10.6 Å². The molecule has 0 radical (unpaired) electrons. The second-order valence-corrected chi connectivity index (χ2v) is 7.42. The molecule has 4 nitrogen and oxygen atoms in total. The molecule has 0 aliphatic carbocycles. The van der Waals surface area contributed by atoms with E-state index in [4.69, 9.17) is 16.3 Å². The van der Waals surface area contributed by atoms with Crippen molar-refractivity contribution in [3.63, 3.8) is 0 Å². The number of aromatic nitrogens is 1. The molecule has 0 saturated heterocycles. The molecule has 3 rings (SSSR count). The smallest absolute Gasteiger partial charge is 0.266 e. The minimum Gasteiger partial charge on any atom is -0.481 e. The van der Waals surface area contributed by atoms with Crippen molar-refractivity contribution in [1.82, 2.24) is 4.98 Å². The average molecular weight is 379 g/mol. The summed E-state index contributed by atoms with van der Waals surface area (Å²) in [7, 11) is 0. The Morgan fingerprint density at radius 1 is 1.33 bits per heavy atom. The third kappa shape index (κ3) is 3.95. The number of anilines is 1. The van der Waals surface area contributed by atoms with E-state index in [0.29, 0.717) is 15.9 Å². The molecule has 2 heterocycles. The summed E-state index contributed by atoms with van der Waals surface area (Å²) in [6, 6.07) is 9.28. The van der Waals surface area contributed by atoms with Gasteiger partial charge in [-0.2, -0.15) is 0 Å². The first-order chi connectivity index (χ1) is 11.5. The van der Waals surface area contributed by atoms with E-state index in [2.05, 4.69) is 10.3 Å². The maximum absolute atomic E-state index is 12.3. The number of carbonyl (C=O) groups excluding carboxylic acids is 1. The fourth-order valence-electron chi connectivity index (χ4n) is 2.06. The van der Waals surface area contributed by atoms with Gasteiger partial charge in [0.15, 0.2) is 11.2 Å². The molecule has 7 heteroatoms. The van der Waals surface area contributed by atoms with Gasteiger partial charge < -0.3 is 4.74 Å². The number of halogens is 1. The van der Waals surface area contributed by atoms with Crippen molar-refractivity contribution in [2.45, 2.75) is 20.0 Å². The zero-order valence-corrected chi connectivity index (χ0v) is 15.5. The number of thiazole rings is 1. The highest BCUT2D eigenvalue weighted by Crippen LogP contribution is 2.28. The fraction of sp³-hybridized carbons (Fsp3) is 0.176. The van der Waals surface area contributed by atoms with Gasteiger partial charge in [0.2, 0.25) is 0 Å². The predicted molar refractivity (Wildman–Crippen MR) is 100 cm³/mol. The molecule has 0 bridgehead atoms. The van der Waals surface area contributed by atoms with Crippen LogP contribution in [0.4, 0.5) is 5.13 Å². The lowest BCUT2D eigenvalue weighted by molar-refractivity contribution is -0.122. The van der Waals surface area contributed by atoms with Crippen molar-refractivity contribution in [3.05, 3.63) is 51.7 Å². The Bertz CT molecular complexity index is 846. The molecule has 2 aromatic heterocycles. The molecule has 1 amide bonds. The van der Waals surface area contributed by atoms with Crippen molar-refractivity contribution >= 4 is 45.3 Å². The molecule has 0 aliphatic rings. The lowest BCUT2D eigenvalue weighted by atomic mass is 10.2. The van der Waals surface area contributed by atoms with Crippen molar-refractivity contribution in [2.24, 2.45) is 0 Å². The number of hydrogen-bond donors (Lipinski definition) is 1. The van der Waals surface area contributed by atoms with Crippen LogP contribution in [0.15, 0.2) is 41.1 Å². The Labute approximate surface area is 153 Å². The van der Waals surface area contributed by atoms with Gasteiger partial charge in [0.25, 0.3) is 5.91 Å². The Kier molecular flexibility index (Phi) is 5.18. The van der Waals surface area contributed by atoms with Crippen molar-refractivity contribution in [2.75, 3.05) is 5.32 Å². The van der Waals surface area contributed by atoms with E-state index in [0.717, 1.165) is 16.1 Å². The summed E-state index contributed by atoms with van der Waals surface area (Å²) in [5.41, 5.74) is 1.75. The molecule has 0 spiro atoms. The third-order valence-corrected chi connectivity index (χ3v) is 5.20. The highest BCUT2D eigenvalue weighted by molar-refractivity contribution is 7.16.